The van der Waals surface area contributed by atoms with Gasteiger partial charge < -0.3 is 19.9 Å². The summed E-state index contributed by atoms with van der Waals surface area (Å²) in [6.07, 6.45) is 4.11. The van der Waals surface area contributed by atoms with Crippen LogP contribution >= 0.6 is 24.0 Å². The average molecular weight is 414 g/mol. The van der Waals surface area contributed by atoms with Crippen LogP contribution in [0.5, 0.6) is 5.75 Å². The van der Waals surface area contributed by atoms with Crippen LogP contribution in [0, 0.1) is 0 Å². The van der Waals surface area contributed by atoms with Crippen molar-refractivity contribution in [2.75, 3.05) is 20.2 Å². The molecule has 0 atom stereocenters. The lowest BCUT2D eigenvalue weighted by Crippen LogP contribution is -2.38. The highest BCUT2D eigenvalue weighted by atomic mass is 127. The molecule has 22 heavy (non-hydrogen) atoms. The summed E-state index contributed by atoms with van der Waals surface area (Å²) < 4.78 is 7.65. The van der Waals surface area contributed by atoms with Gasteiger partial charge in [-0.3, -0.25) is 4.99 Å². The first kappa shape index (κ1) is 18.3. The van der Waals surface area contributed by atoms with Gasteiger partial charge in [-0.05, 0) is 23.8 Å². The predicted molar refractivity (Wildman–Crippen MR) is 101 cm³/mol. The molecule has 2 N–H and O–H groups in total. The number of hydrogen-bond acceptors (Lipinski definition) is 2. The monoisotopic (exact) mass is 414 g/mol. The minimum atomic E-state index is 0. The highest BCUT2D eigenvalue weighted by Crippen LogP contribution is 2.07. The molecule has 0 fully saturated rings. The number of aryl methyl sites for hydroxylation is 1. The maximum absolute atomic E-state index is 5.62. The fraction of sp³-hybridized carbons (Fsp3) is 0.312. The molecule has 120 valence electrons. The summed E-state index contributed by atoms with van der Waals surface area (Å²) in [4.78, 5) is 4.19. The molecule has 0 radical (unpaired) electrons. The molecular formula is C16H23IN4O. The van der Waals surface area contributed by atoms with Crippen LogP contribution in [-0.2, 0) is 13.6 Å². The molecule has 5 nitrogen and oxygen atoms in total. The van der Waals surface area contributed by atoms with Crippen LogP contribution in [-0.4, -0.2) is 30.7 Å². The molecule has 0 bridgehead atoms. The minimum Gasteiger partial charge on any atom is -0.492 e. The van der Waals surface area contributed by atoms with E-state index in [1.54, 1.807) is 7.05 Å². The van der Waals surface area contributed by atoms with Gasteiger partial charge in [0.1, 0.15) is 12.4 Å². The second-order valence-electron chi connectivity index (χ2n) is 4.70. The number of guanidine groups is 1. The number of hydrogen-bond donors (Lipinski definition) is 2. The molecule has 0 amide bonds. The summed E-state index contributed by atoms with van der Waals surface area (Å²) in [5.74, 6) is 1.65. The lowest BCUT2D eigenvalue weighted by atomic mass is 10.3. The van der Waals surface area contributed by atoms with E-state index in [9.17, 15) is 0 Å². The molecule has 0 saturated heterocycles. The number of para-hydroxylation sites is 1. The lowest BCUT2D eigenvalue weighted by molar-refractivity contribution is 0.322. The van der Waals surface area contributed by atoms with E-state index >= 15 is 0 Å². The number of ether oxygens (including phenoxy) is 1. The highest BCUT2D eigenvalue weighted by molar-refractivity contribution is 14.0. The molecule has 0 saturated carbocycles. The molecule has 0 aliphatic rings. The van der Waals surface area contributed by atoms with Crippen molar-refractivity contribution in [1.29, 1.82) is 0 Å². The van der Waals surface area contributed by atoms with Gasteiger partial charge in [-0.1, -0.05) is 18.2 Å². The number of rotatable bonds is 6. The van der Waals surface area contributed by atoms with Gasteiger partial charge in [0.15, 0.2) is 5.96 Å². The number of aliphatic imine (C=N–C) groups is 1. The molecule has 1 aromatic heterocycles. The summed E-state index contributed by atoms with van der Waals surface area (Å²) in [6.45, 7) is 2.04. The van der Waals surface area contributed by atoms with E-state index in [-0.39, 0.29) is 24.0 Å². The van der Waals surface area contributed by atoms with Crippen LogP contribution < -0.4 is 15.4 Å². The summed E-state index contributed by atoms with van der Waals surface area (Å²) in [5.41, 5.74) is 1.22. The zero-order valence-electron chi connectivity index (χ0n) is 13.0. The van der Waals surface area contributed by atoms with Gasteiger partial charge >= 0.3 is 0 Å². The Morgan fingerprint density at radius 3 is 2.59 bits per heavy atom. The van der Waals surface area contributed by atoms with E-state index in [0.29, 0.717) is 13.2 Å². The first-order valence-electron chi connectivity index (χ1n) is 7.01. The van der Waals surface area contributed by atoms with Crippen molar-refractivity contribution in [3.8, 4) is 5.75 Å². The molecule has 0 unspecified atom stereocenters. The van der Waals surface area contributed by atoms with E-state index in [1.165, 1.54) is 5.56 Å². The van der Waals surface area contributed by atoms with Crippen molar-refractivity contribution in [3.05, 3.63) is 54.4 Å². The van der Waals surface area contributed by atoms with Crippen LogP contribution in [0.4, 0.5) is 0 Å². The first-order valence-corrected chi connectivity index (χ1v) is 7.01. The highest BCUT2D eigenvalue weighted by Gasteiger charge is 1.99. The Morgan fingerprint density at radius 1 is 1.18 bits per heavy atom. The summed E-state index contributed by atoms with van der Waals surface area (Å²) in [5, 5.41) is 6.49. The first-order chi connectivity index (χ1) is 10.3. The van der Waals surface area contributed by atoms with Crippen molar-refractivity contribution in [3.63, 3.8) is 0 Å². The Bertz CT molecular complexity index is 569. The van der Waals surface area contributed by atoms with Crippen LogP contribution in [0.25, 0.3) is 0 Å². The Hall–Kier alpha value is -1.70. The van der Waals surface area contributed by atoms with Gasteiger partial charge in [0.2, 0.25) is 0 Å². The van der Waals surface area contributed by atoms with Crippen molar-refractivity contribution >= 4 is 29.9 Å². The number of aromatic nitrogens is 1. The third-order valence-corrected chi connectivity index (χ3v) is 2.98. The normalized spacial score (nSPS) is 10.7. The molecule has 0 aliphatic heterocycles. The van der Waals surface area contributed by atoms with Crippen LogP contribution in [0.3, 0.4) is 0 Å². The third kappa shape index (κ3) is 6.38. The molecule has 6 heteroatoms. The zero-order chi connectivity index (χ0) is 14.9. The van der Waals surface area contributed by atoms with Gasteiger partial charge in [-0.15, -0.1) is 24.0 Å². The SMILES string of the molecule is CN=C(NCCOc1ccccc1)NCc1ccn(C)c1.I. The summed E-state index contributed by atoms with van der Waals surface area (Å²) in [7, 11) is 3.77. The number of benzene rings is 1. The predicted octanol–water partition coefficient (Wildman–Crippen LogP) is 2.39. The van der Waals surface area contributed by atoms with E-state index in [4.69, 9.17) is 4.74 Å². The standard InChI is InChI=1S/C16H22N4O.HI/c1-17-16(19-12-14-8-10-20(2)13-14)18-9-11-21-15-6-4-3-5-7-15;/h3-8,10,13H,9,11-12H2,1-2H3,(H2,17,18,19);1H. The smallest absolute Gasteiger partial charge is 0.191 e. The largest absolute Gasteiger partial charge is 0.492 e. The fourth-order valence-electron chi connectivity index (χ4n) is 1.93. The Labute approximate surface area is 148 Å². The van der Waals surface area contributed by atoms with Gasteiger partial charge in [-0.25, -0.2) is 0 Å². The zero-order valence-corrected chi connectivity index (χ0v) is 15.3. The summed E-state index contributed by atoms with van der Waals surface area (Å²) in [6, 6.07) is 11.9. The minimum absolute atomic E-state index is 0. The average Bonchev–Trinajstić information content (AvgIpc) is 2.93. The van der Waals surface area contributed by atoms with Crippen molar-refractivity contribution in [1.82, 2.24) is 15.2 Å². The van der Waals surface area contributed by atoms with Gasteiger partial charge in [0.25, 0.3) is 0 Å². The maximum atomic E-state index is 5.62. The molecule has 2 rings (SSSR count). The van der Waals surface area contributed by atoms with Crippen molar-refractivity contribution < 1.29 is 4.74 Å². The molecule has 1 aromatic carbocycles. The van der Waals surface area contributed by atoms with E-state index in [1.807, 2.05) is 48.1 Å². The van der Waals surface area contributed by atoms with E-state index in [2.05, 4.69) is 27.9 Å². The molecule has 2 aromatic rings. The summed E-state index contributed by atoms with van der Waals surface area (Å²) >= 11 is 0. The Balaban J connectivity index is 0.00000242. The number of nitrogens with zero attached hydrogens (tertiary/aromatic N) is 2. The second kappa shape index (κ2) is 10.1. The molecule has 0 spiro atoms. The van der Waals surface area contributed by atoms with Gasteiger partial charge in [-0.2, -0.15) is 0 Å². The fourth-order valence-corrected chi connectivity index (χ4v) is 1.93. The van der Waals surface area contributed by atoms with Crippen LogP contribution in [0.1, 0.15) is 5.56 Å². The van der Waals surface area contributed by atoms with Gasteiger partial charge in [0, 0.05) is 33.0 Å². The Morgan fingerprint density at radius 2 is 1.95 bits per heavy atom. The molecular weight excluding hydrogens is 391 g/mol. The maximum Gasteiger partial charge on any atom is 0.191 e. The van der Waals surface area contributed by atoms with Gasteiger partial charge in [0.05, 0.1) is 6.54 Å². The van der Waals surface area contributed by atoms with E-state index < -0.39 is 0 Å². The second-order valence-corrected chi connectivity index (χ2v) is 4.70. The Kier molecular flexibility index (Phi) is 8.42. The molecule has 1 heterocycles. The van der Waals surface area contributed by atoms with Crippen molar-refractivity contribution in [2.24, 2.45) is 12.0 Å². The van der Waals surface area contributed by atoms with E-state index in [0.717, 1.165) is 18.3 Å². The topological polar surface area (TPSA) is 50.6 Å². The number of halogens is 1. The quantitative estimate of drug-likeness (QED) is 0.330. The van der Waals surface area contributed by atoms with Crippen LogP contribution in [0.15, 0.2) is 53.8 Å². The molecule has 0 aliphatic carbocycles. The number of nitrogens with one attached hydrogen (secondary N) is 2. The van der Waals surface area contributed by atoms with Crippen LogP contribution in [0.2, 0.25) is 0 Å². The lowest BCUT2D eigenvalue weighted by Gasteiger charge is -2.12. The van der Waals surface area contributed by atoms with Crippen molar-refractivity contribution in [2.45, 2.75) is 6.54 Å². The third-order valence-electron chi connectivity index (χ3n) is 2.98.